The second-order valence-electron chi connectivity index (χ2n) is 6.16. The summed E-state index contributed by atoms with van der Waals surface area (Å²) in [5, 5.41) is 4.37. The van der Waals surface area contributed by atoms with Crippen LogP contribution in [0.2, 0.25) is 5.02 Å². The van der Waals surface area contributed by atoms with E-state index in [1.165, 1.54) is 16.7 Å². The molecule has 1 aromatic carbocycles. The maximum absolute atomic E-state index is 6.41. The van der Waals surface area contributed by atoms with Crippen molar-refractivity contribution in [2.24, 2.45) is 0 Å². The highest BCUT2D eigenvalue weighted by atomic mass is 35.5. The number of benzene rings is 1. The van der Waals surface area contributed by atoms with E-state index in [9.17, 15) is 0 Å². The lowest BCUT2D eigenvalue weighted by molar-refractivity contribution is 0.441. The van der Waals surface area contributed by atoms with Gasteiger partial charge < -0.3 is 5.32 Å². The van der Waals surface area contributed by atoms with Crippen LogP contribution in [-0.2, 0) is 5.41 Å². The molecule has 0 spiro atoms. The van der Waals surface area contributed by atoms with E-state index >= 15 is 0 Å². The van der Waals surface area contributed by atoms with Crippen molar-refractivity contribution in [3.63, 3.8) is 0 Å². The molecule has 0 fully saturated rings. The Morgan fingerprint density at radius 1 is 1.17 bits per heavy atom. The summed E-state index contributed by atoms with van der Waals surface area (Å²) in [6.07, 6.45) is 1.09. The van der Waals surface area contributed by atoms with Crippen molar-refractivity contribution in [1.29, 1.82) is 0 Å². The second-order valence-corrected chi connectivity index (χ2v) is 6.57. The van der Waals surface area contributed by atoms with Crippen molar-refractivity contribution in [1.82, 2.24) is 5.32 Å². The predicted molar refractivity (Wildman–Crippen MR) is 81.7 cm³/mol. The fourth-order valence-corrected chi connectivity index (χ4v) is 2.58. The van der Waals surface area contributed by atoms with E-state index in [4.69, 9.17) is 11.6 Å². The molecule has 1 aromatic rings. The van der Waals surface area contributed by atoms with Crippen molar-refractivity contribution in [3.05, 3.63) is 33.8 Å². The van der Waals surface area contributed by atoms with Gasteiger partial charge in [0.25, 0.3) is 0 Å². The predicted octanol–water partition coefficient (Wildman–Crippen LogP) is 4.62. The summed E-state index contributed by atoms with van der Waals surface area (Å²) >= 11 is 6.41. The fourth-order valence-electron chi connectivity index (χ4n) is 2.11. The van der Waals surface area contributed by atoms with E-state index in [0.717, 1.165) is 18.0 Å². The van der Waals surface area contributed by atoms with Crippen molar-refractivity contribution in [2.75, 3.05) is 6.54 Å². The molecule has 0 aliphatic carbocycles. The Bertz CT molecular complexity index is 408. The van der Waals surface area contributed by atoms with Gasteiger partial charge in [-0.1, -0.05) is 45.4 Å². The van der Waals surface area contributed by atoms with Gasteiger partial charge >= 0.3 is 0 Å². The molecule has 0 unspecified atom stereocenters. The molecule has 2 heteroatoms. The lowest BCUT2D eigenvalue weighted by atomic mass is 9.80. The van der Waals surface area contributed by atoms with Crippen LogP contribution < -0.4 is 5.32 Å². The molecule has 0 aliphatic rings. The van der Waals surface area contributed by atoms with E-state index in [-0.39, 0.29) is 5.41 Å². The molecular formula is C16H26ClN. The van der Waals surface area contributed by atoms with Crippen LogP contribution >= 0.6 is 11.6 Å². The molecule has 0 heterocycles. The van der Waals surface area contributed by atoms with Gasteiger partial charge in [-0.15, -0.1) is 0 Å². The van der Waals surface area contributed by atoms with E-state index in [2.05, 4.69) is 59.0 Å². The van der Waals surface area contributed by atoms with E-state index in [0.29, 0.717) is 6.04 Å². The summed E-state index contributed by atoms with van der Waals surface area (Å²) < 4.78 is 0. The number of nitrogens with one attached hydrogen (secondary N) is 1. The molecule has 0 atom stereocenters. The number of hydrogen-bond donors (Lipinski definition) is 1. The topological polar surface area (TPSA) is 12.0 Å². The first kappa shape index (κ1) is 15.5. The van der Waals surface area contributed by atoms with Gasteiger partial charge in [0, 0.05) is 11.1 Å². The van der Waals surface area contributed by atoms with Crippen LogP contribution in [0.4, 0.5) is 0 Å². The Labute approximate surface area is 117 Å². The minimum Gasteiger partial charge on any atom is -0.315 e. The lowest BCUT2D eigenvalue weighted by Crippen LogP contribution is -2.29. The summed E-state index contributed by atoms with van der Waals surface area (Å²) in [5.74, 6) is 0. The van der Waals surface area contributed by atoms with Gasteiger partial charge in [0.2, 0.25) is 0 Å². The second kappa shape index (κ2) is 6.08. The summed E-state index contributed by atoms with van der Waals surface area (Å²) in [7, 11) is 0. The molecule has 0 bridgehead atoms. The zero-order chi connectivity index (χ0) is 13.9. The number of hydrogen-bond acceptors (Lipinski definition) is 1. The summed E-state index contributed by atoms with van der Waals surface area (Å²) in [6, 6.07) is 4.87. The van der Waals surface area contributed by atoms with Gasteiger partial charge in [-0.25, -0.2) is 0 Å². The third-order valence-corrected chi connectivity index (χ3v) is 3.93. The molecule has 0 aliphatic heterocycles. The monoisotopic (exact) mass is 267 g/mol. The van der Waals surface area contributed by atoms with Gasteiger partial charge in [0.15, 0.2) is 0 Å². The third kappa shape index (κ3) is 4.00. The van der Waals surface area contributed by atoms with E-state index < -0.39 is 0 Å². The fraction of sp³-hybridized carbons (Fsp3) is 0.625. The van der Waals surface area contributed by atoms with E-state index in [1.54, 1.807) is 0 Å². The third-order valence-electron chi connectivity index (χ3n) is 3.62. The highest BCUT2D eigenvalue weighted by Gasteiger charge is 2.23. The SMILES string of the molecule is Cc1cc(Cl)c(C(C)(C)CCNC(C)C)cc1C. The molecular weight excluding hydrogens is 242 g/mol. The molecule has 0 radical (unpaired) electrons. The largest absolute Gasteiger partial charge is 0.315 e. The van der Waals surface area contributed by atoms with Crippen LogP contribution in [0.5, 0.6) is 0 Å². The molecule has 0 saturated heterocycles. The first-order valence-electron chi connectivity index (χ1n) is 6.74. The van der Waals surface area contributed by atoms with Gasteiger partial charge in [-0.2, -0.15) is 0 Å². The molecule has 1 nitrogen and oxygen atoms in total. The quantitative estimate of drug-likeness (QED) is 0.821. The van der Waals surface area contributed by atoms with Crippen LogP contribution in [0.3, 0.4) is 0 Å². The molecule has 102 valence electrons. The number of rotatable bonds is 5. The molecule has 18 heavy (non-hydrogen) atoms. The maximum atomic E-state index is 6.41. The van der Waals surface area contributed by atoms with Gasteiger partial charge in [-0.3, -0.25) is 0 Å². The summed E-state index contributed by atoms with van der Waals surface area (Å²) in [4.78, 5) is 0. The number of aryl methyl sites for hydroxylation is 2. The minimum absolute atomic E-state index is 0.109. The maximum Gasteiger partial charge on any atom is 0.0446 e. The van der Waals surface area contributed by atoms with Gasteiger partial charge in [-0.05, 0) is 55.0 Å². The molecule has 0 aromatic heterocycles. The number of halogens is 1. The van der Waals surface area contributed by atoms with E-state index in [1.807, 2.05) is 0 Å². The van der Waals surface area contributed by atoms with Crippen molar-refractivity contribution in [3.8, 4) is 0 Å². The van der Waals surface area contributed by atoms with Gasteiger partial charge in [0.1, 0.15) is 0 Å². The Balaban J connectivity index is 2.87. The average molecular weight is 268 g/mol. The first-order valence-corrected chi connectivity index (χ1v) is 7.12. The van der Waals surface area contributed by atoms with Crippen LogP contribution in [-0.4, -0.2) is 12.6 Å². The van der Waals surface area contributed by atoms with Crippen LogP contribution in [0.15, 0.2) is 12.1 Å². The van der Waals surface area contributed by atoms with Gasteiger partial charge in [0.05, 0.1) is 0 Å². The lowest BCUT2D eigenvalue weighted by Gasteiger charge is -2.28. The van der Waals surface area contributed by atoms with Crippen LogP contribution in [0.1, 0.15) is 50.8 Å². The van der Waals surface area contributed by atoms with Crippen molar-refractivity contribution < 1.29 is 0 Å². The Morgan fingerprint density at radius 3 is 2.28 bits per heavy atom. The zero-order valence-corrected chi connectivity index (χ0v) is 13.3. The molecule has 0 saturated carbocycles. The Hall–Kier alpha value is -0.530. The normalized spacial score (nSPS) is 12.2. The van der Waals surface area contributed by atoms with Crippen molar-refractivity contribution in [2.45, 2.75) is 59.4 Å². The first-order chi connectivity index (χ1) is 8.24. The van der Waals surface area contributed by atoms with Crippen LogP contribution in [0, 0.1) is 13.8 Å². The standard InChI is InChI=1S/C16H26ClN/c1-11(2)18-8-7-16(5,6)14-9-12(3)13(4)10-15(14)17/h9-11,18H,7-8H2,1-6H3. The zero-order valence-electron chi connectivity index (χ0n) is 12.5. The average Bonchev–Trinajstić information content (AvgIpc) is 2.22. The highest BCUT2D eigenvalue weighted by Crippen LogP contribution is 2.34. The van der Waals surface area contributed by atoms with Crippen molar-refractivity contribution >= 4 is 11.6 Å². The summed E-state index contributed by atoms with van der Waals surface area (Å²) in [5.41, 5.74) is 3.95. The molecule has 0 amide bonds. The Kier molecular flexibility index (Phi) is 5.24. The smallest absolute Gasteiger partial charge is 0.0446 e. The summed E-state index contributed by atoms with van der Waals surface area (Å²) in [6.45, 7) is 14.2. The Morgan fingerprint density at radius 2 is 1.72 bits per heavy atom. The molecule has 1 N–H and O–H groups in total. The van der Waals surface area contributed by atoms with Crippen LogP contribution in [0.25, 0.3) is 0 Å². The minimum atomic E-state index is 0.109. The molecule has 1 rings (SSSR count). The highest BCUT2D eigenvalue weighted by molar-refractivity contribution is 6.31.